The predicted octanol–water partition coefficient (Wildman–Crippen LogP) is 0.981. The van der Waals surface area contributed by atoms with Gasteiger partial charge in [-0.3, -0.25) is 14.3 Å². The summed E-state index contributed by atoms with van der Waals surface area (Å²) >= 11 is 0. The predicted molar refractivity (Wildman–Crippen MR) is 92.0 cm³/mol. The molecule has 0 aliphatic carbocycles. The quantitative estimate of drug-likeness (QED) is 0.877. The van der Waals surface area contributed by atoms with Crippen LogP contribution in [-0.2, 0) is 11.8 Å². The smallest absolute Gasteiger partial charge is 0.257 e. The molecule has 1 aliphatic heterocycles. The van der Waals surface area contributed by atoms with E-state index in [0.29, 0.717) is 31.0 Å². The van der Waals surface area contributed by atoms with Crippen LogP contribution in [0.2, 0.25) is 0 Å². The first-order valence-electron chi connectivity index (χ1n) is 8.22. The van der Waals surface area contributed by atoms with Crippen molar-refractivity contribution in [2.75, 3.05) is 19.7 Å². The Bertz CT molecular complexity index is 772. The minimum atomic E-state index is -0.412. The number of ether oxygens (including phenoxy) is 1. The molecule has 1 aliphatic rings. The van der Waals surface area contributed by atoms with Gasteiger partial charge < -0.3 is 15.4 Å². The van der Waals surface area contributed by atoms with E-state index in [4.69, 9.17) is 10.5 Å². The Hall–Kier alpha value is -2.83. The van der Waals surface area contributed by atoms with E-state index in [2.05, 4.69) is 5.10 Å². The van der Waals surface area contributed by atoms with Gasteiger partial charge in [-0.15, -0.1) is 0 Å². The van der Waals surface area contributed by atoms with E-state index >= 15 is 0 Å². The van der Waals surface area contributed by atoms with Gasteiger partial charge in [-0.05, 0) is 19.1 Å². The van der Waals surface area contributed by atoms with Crippen molar-refractivity contribution in [3.05, 3.63) is 47.8 Å². The molecule has 1 aromatic heterocycles. The van der Waals surface area contributed by atoms with Crippen molar-refractivity contribution in [2.24, 2.45) is 24.6 Å². The number of hydrogen-bond donors (Lipinski definition) is 1. The van der Waals surface area contributed by atoms with E-state index in [1.165, 1.54) is 0 Å². The van der Waals surface area contributed by atoms with Crippen LogP contribution in [-0.4, -0.2) is 46.2 Å². The molecule has 2 N–H and O–H groups in total. The molecule has 1 saturated heterocycles. The number of para-hydroxylation sites is 1. The molecule has 3 rings (SSSR count). The number of benzene rings is 1. The second-order valence-corrected chi connectivity index (χ2v) is 6.40. The van der Waals surface area contributed by atoms with Crippen LogP contribution in [0.5, 0.6) is 5.75 Å². The van der Waals surface area contributed by atoms with E-state index in [9.17, 15) is 9.59 Å². The SMILES string of the molecule is Cc1nn(C)cc1C(=O)N1C[C@@H](COc2ccccc2)[C@H](C(N)=O)C1. The lowest BCUT2D eigenvalue weighted by atomic mass is 9.96. The second-order valence-electron chi connectivity index (χ2n) is 6.40. The molecule has 1 fully saturated rings. The Labute approximate surface area is 146 Å². The number of primary amides is 1. The highest BCUT2D eigenvalue weighted by Gasteiger charge is 2.39. The van der Waals surface area contributed by atoms with Crippen LogP contribution in [0.1, 0.15) is 16.1 Å². The molecule has 2 amide bonds. The van der Waals surface area contributed by atoms with E-state index in [0.717, 1.165) is 5.75 Å². The molecule has 2 heterocycles. The highest BCUT2D eigenvalue weighted by atomic mass is 16.5. The first-order chi connectivity index (χ1) is 12.0. The lowest BCUT2D eigenvalue weighted by Crippen LogP contribution is -2.33. The van der Waals surface area contributed by atoms with Crippen molar-refractivity contribution in [3.8, 4) is 5.75 Å². The summed E-state index contributed by atoms with van der Waals surface area (Å²) in [6.45, 7) is 2.89. The summed E-state index contributed by atoms with van der Waals surface area (Å²) in [5.74, 6) is -0.333. The maximum absolute atomic E-state index is 12.7. The largest absolute Gasteiger partial charge is 0.493 e. The summed E-state index contributed by atoms with van der Waals surface area (Å²) in [7, 11) is 1.77. The molecule has 0 bridgehead atoms. The van der Waals surface area contributed by atoms with Crippen LogP contribution in [0.4, 0.5) is 0 Å². The van der Waals surface area contributed by atoms with Crippen molar-refractivity contribution >= 4 is 11.8 Å². The molecule has 1 aromatic carbocycles. The maximum Gasteiger partial charge on any atom is 0.257 e. The van der Waals surface area contributed by atoms with Crippen molar-refractivity contribution in [2.45, 2.75) is 6.92 Å². The topological polar surface area (TPSA) is 90.4 Å². The standard InChI is InChI=1S/C18H22N4O3/c1-12-15(9-21(2)20-12)18(24)22-8-13(16(10-22)17(19)23)11-25-14-6-4-3-5-7-14/h3-7,9,13,16H,8,10-11H2,1-2H3,(H2,19,23)/t13-,16+/m0/s1. The summed E-state index contributed by atoms with van der Waals surface area (Å²) in [5, 5.41) is 4.21. The van der Waals surface area contributed by atoms with Crippen LogP contribution in [0.3, 0.4) is 0 Å². The molecule has 132 valence electrons. The molecule has 0 saturated carbocycles. The number of hydrogen-bond acceptors (Lipinski definition) is 4. The van der Waals surface area contributed by atoms with Crippen molar-refractivity contribution in [3.63, 3.8) is 0 Å². The molecule has 2 aromatic rings. The summed E-state index contributed by atoms with van der Waals surface area (Å²) in [6.07, 6.45) is 1.70. The number of rotatable bonds is 5. The van der Waals surface area contributed by atoms with Gasteiger partial charge in [-0.2, -0.15) is 5.10 Å². The molecule has 0 unspecified atom stereocenters. The lowest BCUT2D eigenvalue weighted by molar-refractivity contribution is -0.122. The molecule has 0 radical (unpaired) electrons. The van der Waals surface area contributed by atoms with Gasteiger partial charge in [-0.1, -0.05) is 18.2 Å². The summed E-state index contributed by atoms with van der Waals surface area (Å²) in [4.78, 5) is 26.2. The third-order valence-electron chi connectivity index (χ3n) is 4.54. The average Bonchev–Trinajstić information content (AvgIpc) is 3.16. The zero-order valence-electron chi connectivity index (χ0n) is 14.4. The van der Waals surface area contributed by atoms with E-state index < -0.39 is 11.8 Å². The number of carbonyl (C=O) groups is 2. The molecular weight excluding hydrogens is 320 g/mol. The fourth-order valence-corrected chi connectivity index (χ4v) is 3.23. The number of aryl methyl sites for hydroxylation is 2. The van der Waals surface area contributed by atoms with Gasteiger partial charge in [-0.25, -0.2) is 0 Å². The van der Waals surface area contributed by atoms with Gasteiger partial charge in [0.15, 0.2) is 0 Å². The number of nitrogens with two attached hydrogens (primary N) is 1. The molecule has 7 nitrogen and oxygen atoms in total. The zero-order chi connectivity index (χ0) is 18.0. The third kappa shape index (κ3) is 3.65. The normalized spacial score (nSPS) is 19.8. The first-order valence-corrected chi connectivity index (χ1v) is 8.22. The van der Waals surface area contributed by atoms with Gasteiger partial charge in [0, 0.05) is 32.3 Å². The molecule has 25 heavy (non-hydrogen) atoms. The van der Waals surface area contributed by atoms with Crippen LogP contribution in [0, 0.1) is 18.8 Å². The fourth-order valence-electron chi connectivity index (χ4n) is 3.23. The number of amides is 2. The summed E-state index contributed by atoms with van der Waals surface area (Å²) < 4.78 is 7.38. The van der Waals surface area contributed by atoms with E-state index in [1.807, 2.05) is 30.3 Å². The second kappa shape index (κ2) is 6.96. The Morgan fingerprint density at radius 2 is 2.00 bits per heavy atom. The van der Waals surface area contributed by atoms with Crippen LogP contribution >= 0.6 is 0 Å². The minimum Gasteiger partial charge on any atom is -0.493 e. The molecule has 7 heteroatoms. The minimum absolute atomic E-state index is 0.126. The Kier molecular flexibility index (Phi) is 4.74. The summed E-state index contributed by atoms with van der Waals surface area (Å²) in [5.41, 5.74) is 6.77. The third-order valence-corrected chi connectivity index (χ3v) is 4.54. The highest BCUT2D eigenvalue weighted by molar-refractivity contribution is 5.95. The molecule has 0 spiro atoms. The number of carbonyl (C=O) groups excluding carboxylic acids is 2. The Morgan fingerprint density at radius 3 is 2.60 bits per heavy atom. The monoisotopic (exact) mass is 342 g/mol. The van der Waals surface area contributed by atoms with Crippen molar-refractivity contribution in [1.82, 2.24) is 14.7 Å². The van der Waals surface area contributed by atoms with Crippen LogP contribution in [0.25, 0.3) is 0 Å². The van der Waals surface area contributed by atoms with E-state index in [-0.39, 0.29) is 11.8 Å². The fraction of sp³-hybridized carbons (Fsp3) is 0.389. The Balaban J connectivity index is 1.70. The van der Waals surface area contributed by atoms with Gasteiger partial charge in [0.05, 0.1) is 23.8 Å². The van der Waals surface area contributed by atoms with Crippen LogP contribution in [0.15, 0.2) is 36.5 Å². The maximum atomic E-state index is 12.7. The van der Waals surface area contributed by atoms with Crippen molar-refractivity contribution in [1.29, 1.82) is 0 Å². The van der Waals surface area contributed by atoms with E-state index in [1.54, 1.807) is 29.7 Å². The van der Waals surface area contributed by atoms with Gasteiger partial charge >= 0.3 is 0 Å². The van der Waals surface area contributed by atoms with Gasteiger partial charge in [0.25, 0.3) is 5.91 Å². The molecule has 2 atom stereocenters. The zero-order valence-corrected chi connectivity index (χ0v) is 14.4. The van der Waals surface area contributed by atoms with Crippen molar-refractivity contribution < 1.29 is 14.3 Å². The molecular formula is C18H22N4O3. The Morgan fingerprint density at radius 1 is 1.28 bits per heavy atom. The highest BCUT2D eigenvalue weighted by Crippen LogP contribution is 2.26. The first kappa shape index (κ1) is 17.0. The van der Waals surface area contributed by atoms with Gasteiger partial charge in [0.2, 0.25) is 5.91 Å². The van der Waals surface area contributed by atoms with Gasteiger partial charge in [0.1, 0.15) is 5.75 Å². The summed E-state index contributed by atoms with van der Waals surface area (Å²) in [6, 6.07) is 9.39. The number of likely N-dealkylation sites (tertiary alicyclic amines) is 1. The number of nitrogens with zero attached hydrogens (tertiary/aromatic N) is 3. The van der Waals surface area contributed by atoms with Crippen LogP contribution < -0.4 is 10.5 Å². The number of aromatic nitrogens is 2. The average molecular weight is 342 g/mol. The lowest BCUT2D eigenvalue weighted by Gasteiger charge is -2.16.